The van der Waals surface area contributed by atoms with Crippen LogP contribution in [0.5, 0.6) is 0 Å². The minimum absolute atomic E-state index is 0.00590. The standard InChI is InChI=1S/C47H77N11O21/c1-4-13-72-17-19-74-21-22-75-20-18-73-14-8-37(67)58(12-7-36(66)53-10-16-77-41(32(64)26-60)43-39(55-28(3)62)30(57-47(50)51)24-34(79-43)45(70)71)11-5-6-35(65)52-9-15-76-40(31(63)25-59)42-38(54-27(2)61)29(56-46(48)49)23-33(78-42)44(68)69/h1,23-24,29-32,38-43,59-60,63-64H,5-22,25-26H2,2-3H3,(H,52,65)(H,53,66)(H,54,61)(H,55,62)(H,68,69)(H,70,71)(H4,48,49,56)(H4,50,51,57)/t29-,30-,31+,32+,38+,39+,40+,41+,42+,43+/m0/s1. The predicted octanol–water partition coefficient (Wildman–Crippen LogP) is -7.19. The summed E-state index contributed by atoms with van der Waals surface area (Å²) >= 11 is 0. The van der Waals surface area contributed by atoms with E-state index in [0.29, 0.717) is 19.8 Å². The minimum Gasteiger partial charge on any atom is -0.478 e. The maximum Gasteiger partial charge on any atom is 0.370 e. The summed E-state index contributed by atoms with van der Waals surface area (Å²) in [6.45, 7) is 1.21. The lowest BCUT2D eigenvalue weighted by Gasteiger charge is -2.40. The van der Waals surface area contributed by atoms with Crippen molar-refractivity contribution in [3.63, 3.8) is 0 Å². The average Bonchev–Trinajstić information content (AvgIpc) is 3.44. The first-order valence-electron chi connectivity index (χ1n) is 25.0. The van der Waals surface area contributed by atoms with Crippen LogP contribution in [0.25, 0.3) is 0 Å². The van der Waals surface area contributed by atoms with Crippen molar-refractivity contribution in [3.05, 3.63) is 23.7 Å². The van der Waals surface area contributed by atoms with Crippen molar-refractivity contribution in [3.8, 4) is 12.3 Å². The Bertz CT molecular complexity index is 2120. The fourth-order valence-electron chi connectivity index (χ4n) is 7.74. The van der Waals surface area contributed by atoms with Gasteiger partial charge in [-0.05, 0) is 18.6 Å². The SMILES string of the molecule is C#CCOCCOCCOCCOCCC(=O)N(CCCC(=O)NCCO[C@@H]([C@@H]1OC(C(=O)O)=C[C@H](N=C(N)N)[C@H]1NC(C)=O)[C@H](O)CO)CCC(=O)NCCO[C@@H]([C@@H]1OC(C(=O)O)=C[C@H](N=C(N)N)[C@H]1NC(C)=O)[C@H](O)CO. The Hall–Kier alpha value is -6.93. The van der Waals surface area contributed by atoms with Crippen molar-refractivity contribution in [2.24, 2.45) is 32.9 Å². The molecule has 0 unspecified atom stereocenters. The predicted molar refractivity (Wildman–Crippen MR) is 274 cm³/mol. The molecular formula is C47H77N11O21. The van der Waals surface area contributed by atoms with Gasteiger partial charge < -0.3 is 118 Å². The van der Waals surface area contributed by atoms with Crippen LogP contribution in [0.15, 0.2) is 33.7 Å². The molecule has 0 aromatic rings. The topological polar surface area (TPSA) is 495 Å². The number of terminal acetylenes is 1. The number of ether oxygens (including phenoxy) is 8. The molecule has 2 aliphatic rings. The first-order valence-corrected chi connectivity index (χ1v) is 25.0. The number of nitrogens with two attached hydrogens (primary N) is 4. The largest absolute Gasteiger partial charge is 0.478 e. The molecule has 0 radical (unpaired) electrons. The molecule has 0 fully saturated rings. The van der Waals surface area contributed by atoms with E-state index in [2.05, 4.69) is 37.2 Å². The quantitative estimate of drug-likeness (QED) is 0.0117. The van der Waals surface area contributed by atoms with Crippen molar-refractivity contribution < 1.29 is 102 Å². The van der Waals surface area contributed by atoms with E-state index in [-0.39, 0.29) is 98.1 Å². The molecular weight excluding hydrogens is 1050 g/mol. The van der Waals surface area contributed by atoms with Crippen LogP contribution in [-0.4, -0.2) is 255 Å². The van der Waals surface area contributed by atoms with Gasteiger partial charge in [0.05, 0.1) is 103 Å². The van der Waals surface area contributed by atoms with Crippen molar-refractivity contribution in [2.75, 3.05) is 105 Å². The molecule has 0 aromatic heterocycles. The number of aliphatic hydroxyl groups excluding tert-OH is 4. The lowest BCUT2D eigenvalue weighted by Crippen LogP contribution is -2.60. The van der Waals surface area contributed by atoms with Gasteiger partial charge in [0.15, 0.2) is 24.1 Å². The van der Waals surface area contributed by atoms with Crippen molar-refractivity contribution in [1.29, 1.82) is 0 Å². The molecule has 0 spiro atoms. The van der Waals surface area contributed by atoms with Crippen LogP contribution in [-0.2, 0) is 71.5 Å². The van der Waals surface area contributed by atoms with Crippen molar-refractivity contribution in [1.82, 2.24) is 26.2 Å². The molecule has 5 amide bonds. The fourth-order valence-corrected chi connectivity index (χ4v) is 7.74. The van der Waals surface area contributed by atoms with E-state index in [1.807, 2.05) is 0 Å². The zero-order valence-corrected chi connectivity index (χ0v) is 44.1. The van der Waals surface area contributed by atoms with Crippen LogP contribution in [0, 0.1) is 12.3 Å². The van der Waals surface area contributed by atoms with Crippen molar-refractivity contribution in [2.45, 2.75) is 100 Å². The van der Waals surface area contributed by atoms with E-state index < -0.39 is 139 Å². The lowest BCUT2D eigenvalue weighted by atomic mass is 9.92. The highest BCUT2D eigenvalue weighted by Crippen LogP contribution is 2.28. The Balaban J connectivity index is 2.08. The van der Waals surface area contributed by atoms with E-state index in [0.717, 1.165) is 26.0 Å². The summed E-state index contributed by atoms with van der Waals surface area (Å²) in [7, 11) is 0. The molecule has 0 saturated carbocycles. The highest BCUT2D eigenvalue weighted by atomic mass is 16.6. The third-order valence-corrected chi connectivity index (χ3v) is 11.2. The number of rotatable bonds is 40. The van der Waals surface area contributed by atoms with E-state index in [1.165, 1.54) is 4.90 Å². The number of aliphatic hydroxyl groups is 4. The second-order valence-corrected chi connectivity index (χ2v) is 17.3. The Morgan fingerprint density at radius 1 is 0.646 bits per heavy atom. The normalized spacial score (nSPS) is 20.1. The second-order valence-electron chi connectivity index (χ2n) is 17.3. The first-order chi connectivity index (χ1) is 37.6. The number of hydrogen-bond donors (Lipinski definition) is 14. The molecule has 18 N–H and O–H groups in total. The number of hydrogen-bond acceptors (Lipinski definition) is 21. The summed E-state index contributed by atoms with van der Waals surface area (Å²) in [6, 6.07) is -4.78. The summed E-state index contributed by atoms with van der Waals surface area (Å²) in [5.74, 6) is -5.55. The Kier molecular flexibility index (Phi) is 32.6. The van der Waals surface area contributed by atoms with Gasteiger partial charge in [0.2, 0.25) is 41.1 Å². The van der Waals surface area contributed by atoms with Crippen LogP contribution < -0.4 is 44.2 Å². The highest BCUT2D eigenvalue weighted by molar-refractivity contribution is 5.86. The van der Waals surface area contributed by atoms with Gasteiger partial charge in [0.1, 0.15) is 31.0 Å². The molecule has 32 nitrogen and oxygen atoms in total. The van der Waals surface area contributed by atoms with Crippen LogP contribution in [0.1, 0.15) is 39.5 Å². The molecule has 0 bridgehead atoms. The summed E-state index contributed by atoms with van der Waals surface area (Å²) in [5.41, 5.74) is 22.2. The molecule has 2 rings (SSSR count). The molecule has 2 heterocycles. The third kappa shape index (κ3) is 26.5. The van der Waals surface area contributed by atoms with Gasteiger partial charge in [-0.25, -0.2) is 19.6 Å². The van der Waals surface area contributed by atoms with Gasteiger partial charge >= 0.3 is 11.9 Å². The van der Waals surface area contributed by atoms with Gasteiger partial charge in [0, 0.05) is 52.9 Å². The molecule has 0 aliphatic carbocycles. The van der Waals surface area contributed by atoms with Gasteiger partial charge in [-0.15, -0.1) is 6.42 Å². The van der Waals surface area contributed by atoms with E-state index >= 15 is 0 Å². The number of nitrogens with one attached hydrogen (secondary N) is 4. The minimum atomic E-state index is -1.70. The number of carbonyl (C=O) groups excluding carboxylic acids is 5. The maximum absolute atomic E-state index is 13.5. The number of carboxylic acid groups (broad SMARTS) is 2. The zero-order chi connectivity index (χ0) is 58.9. The molecule has 2 aliphatic heterocycles. The number of aliphatic imine (C=N–C) groups is 2. The number of carboxylic acids is 2. The Morgan fingerprint density at radius 3 is 1.46 bits per heavy atom. The summed E-state index contributed by atoms with van der Waals surface area (Å²) in [4.78, 5) is 97.2. The maximum atomic E-state index is 13.5. The molecule has 446 valence electrons. The smallest absolute Gasteiger partial charge is 0.370 e. The molecule has 0 aromatic carbocycles. The summed E-state index contributed by atoms with van der Waals surface area (Å²) < 4.78 is 44.3. The molecule has 0 saturated heterocycles. The zero-order valence-electron chi connectivity index (χ0n) is 44.1. The van der Waals surface area contributed by atoms with Gasteiger partial charge in [-0.2, -0.15) is 0 Å². The summed E-state index contributed by atoms with van der Waals surface area (Å²) in [5, 5.41) is 71.0. The van der Waals surface area contributed by atoms with Gasteiger partial charge in [0.25, 0.3) is 0 Å². The number of carbonyl (C=O) groups is 7. The lowest BCUT2D eigenvalue weighted by molar-refractivity contribution is -0.154. The van der Waals surface area contributed by atoms with Gasteiger partial charge in [-0.1, -0.05) is 5.92 Å². The summed E-state index contributed by atoms with van der Waals surface area (Å²) in [6.07, 6.45) is -2.46. The molecule has 79 heavy (non-hydrogen) atoms. The highest BCUT2D eigenvalue weighted by Gasteiger charge is 2.46. The Labute approximate surface area is 455 Å². The third-order valence-electron chi connectivity index (χ3n) is 11.2. The number of guanidine groups is 2. The monoisotopic (exact) mass is 1130 g/mol. The van der Waals surface area contributed by atoms with E-state index in [4.69, 9.17) is 67.3 Å². The second kappa shape index (κ2) is 37.8. The van der Waals surface area contributed by atoms with Crippen LogP contribution in [0.4, 0.5) is 0 Å². The molecule has 10 atom stereocenters. The first kappa shape index (κ1) is 68.2. The van der Waals surface area contributed by atoms with Crippen LogP contribution in [0.3, 0.4) is 0 Å². The van der Waals surface area contributed by atoms with E-state index in [9.17, 15) is 64.2 Å². The van der Waals surface area contributed by atoms with Crippen LogP contribution in [0.2, 0.25) is 0 Å². The molecule has 32 heteroatoms. The van der Waals surface area contributed by atoms with Crippen LogP contribution >= 0.6 is 0 Å². The number of amides is 5. The fraction of sp³-hybridized carbons (Fsp3) is 0.681. The van der Waals surface area contributed by atoms with Crippen molar-refractivity contribution >= 4 is 53.4 Å². The Morgan fingerprint density at radius 2 is 1.06 bits per heavy atom. The number of nitrogens with zero attached hydrogens (tertiary/aromatic N) is 3. The average molecular weight is 1130 g/mol. The number of aliphatic carboxylic acids is 2. The van der Waals surface area contributed by atoms with Gasteiger partial charge in [-0.3, -0.25) is 24.0 Å². The van der Waals surface area contributed by atoms with E-state index in [1.54, 1.807) is 0 Å².